The summed E-state index contributed by atoms with van der Waals surface area (Å²) < 4.78 is 5.30. The second-order valence-electron chi connectivity index (χ2n) is 6.64. The van der Waals surface area contributed by atoms with Crippen molar-refractivity contribution in [3.8, 4) is 5.88 Å². The van der Waals surface area contributed by atoms with Gasteiger partial charge in [-0.1, -0.05) is 13.0 Å². The smallest absolute Gasteiger partial charge is 0.218 e. The number of methoxy groups -OCH3 is 1. The Bertz CT molecular complexity index is 546. The topological polar surface area (TPSA) is 61.8 Å². The molecule has 2 rings (SSSR count). The van der Waals surface area contributed by atoms with Gasteiger partial charge in [-0.25, -0.2) is 9.98 Å². The molecule has 1 aliphatic heterocycles. The van der Waals surface area contributed by atoms with Gasteiger partial charge < -0.3 is 15.4 Å². The van der Waals surface area contributed by atoms with Crippen molar-refractivity contribution < 1.29 is 4.74 Å². The lowest BCUT2D eigenvalue weighted by atomic mass is 10.1. The van der Waals surface area contributed by atoms with Crippen LogP contribution in [0, 0.1) is 5.92 Å². The first-order valence-electron chi connectivity index (χ1n) is 8.81. The average Bonchev–Trinajstić information content (AvgIpc) is 2.94. The van der Waals surface area contributed by atoms with Crippen LogP contribution < -0.4 is 15.4 Å². The molecule has 2 N–H and O–H groups in total. The Morgan fingerprint density at radius 3 is 2.88 bits per heavy atom. The minimum atomic E-state index is 0.418. The van der Waals surface area contributed by atoms with E-state index in [1.54, 1.807) is 13.3 Å². The number of hydrogen-bond acceptors (Lipinski definition) is 4. The molecule has 0 bridgehead atoms. The number of likely N-dealkylation sites (tertiary alicyclic amines) is 1. The van der Waals surface area contributed by atoms with Crippen LogP contribution in [0.2, 0.25) is 0 Å². The molecule has 0 radical (unpaired) electrons. The highest BCUT2D eigenvalue weighted by molar-refractivity contribution is 5.80. The minimum Gasteiger partial charge on any atom is -0.481 e. The molecule has 0 spiro atoms. The van der Waals surface area contributed by atoms with Crippen LogP contribution in [-0.4, -0.2) is 54.7 Å². The molecule has 0 amide bonds. The number of guanidine groups is 1. The van der Waals surface area contributed by atoms with Crippen molar-refractivity contribution in [1.82, 2.24) is 20.5 Å². The molecule has 24 heavy (non-hydrogen) atoms. The summed E-state index contributed by atoms with van der Waals surface area (Å²) in [5.74, 6) is 2.09. The summed E-state index contributed by atoms with van der Waals surface area (Å²) in [6.07, 6.45) is 1.73. The number of aromatic nitrogens is 1. The van der Waals surface area contributed by atoms with Gasteiger partial charge in [0.25, 0.3) is 0 Å². The average molecular weight is 333 g/mol. The van der Waals surface area contributed by atoms with Gasteiger partial charge in [-0.2, -0.15) is 0 Å². The summed E-state index contributed by atoms with van der Waals surface area (Å²) in [5.41, 5.74) is 0.987. The van der Waals surface area contributed by atoms with Gasteiger partial charge in [0.2, 0.25) is 5.88 Å². The third-order valence-corrected chi connectivity index (χ3v) is 4.49. The summed E-state index contributed by atoms with van der Waals surface area (Å²) in [7, 11) is 1.64. The molecule has 2 heterocycles. The van der Waals surface area contributed by atoms with Crippen molar-refractivity contribution in [2.75, 3.05) is 26.7 Å². The lowest BCUT2D eigenvalue weighted by molar-refractivity contribution is 0.265. The molecule has 2 atom stereocenters. The molecule has 1 fully saturated rings. The molecule has 1 aliphatic rings. The quantitative estimate of drug-likeness (QED) is 0.615. The molecule has 134 valence electrons. The lowest BCUT2D eigenvalue weighted by Crippen LogP contribution is -2.46. The maximum Gasteiger partial charge on any atom is 0.218 e. The van der Waals surface area contributed by atoms with Crippen LogP contribution >= 0.6 is 0 Å². The highest BCUT2D eigenvalue weighted by Gasteiger charge is 2.31. The summed E-state index contributed by atoms with van der Waals surface area (Å²) in [4.78, 5) is 11.5. The molecule has 1 aromatic heterocycles. The lowest BCUT2D eigenvalue weighted by Gasteiger charge is -2.22. The van der Waals surface area contributed by atoms with Crippen LogP contribution in [0.5, 0.6) is 5.88 Å². The zero-order valence-corrected chi connectivity index (χ0v) is 15.5. The molecule has 1 aromatic rings. The van der Waals surface area contributed by atoms with E-state index in [4.69, 9.17) is 9.73 Å². The van der Waals surface area contributed by atoms with Gasteiger partial charge in [-0.05, 0) is 32.8 Å². The summed E-state index contributed by atoms with van der Waals surface area (Å²) in [5, 5.41) is 6.94. The Balaban J connectivity index is 2.03. The monoisotopic (exact) mass is 333 g/mol. The molecule has 6 heteroatoms. The SMILES string of the molecule is CCNC(=NCc1cccnc1OC)NC1CN(C(C)C)CC1C. The number of rotatable bonds is 6. The largest absolute Gasteiger partial charge is 0.481 e. The molecule has 0 aromatic carbocycles. The van der Waals surface area contributed by atoms with E-state index in [1.807, 2.05) is 12.1 Å². The molecular formula is C18H31N5O. The van der Waals surface area contributed by atoms with Gasteiger partial charge in [0.05, 0.1) is 13.7 Å². The van der Waals surface area contributed by atoms with Crippen LogP contribution in [0.25, 0.3) is 0 Å². The number of hydrogen-bond donors (Lipinski definition) is 2. The zero-order valence-electron chi connectivity index (χ0n) is 15.5. The van der Waals surface area contributed by atoms with Gasteiger partial charge in [0, 0.05) is 43.5 Å². The van der Waals surface area contributed by atoms with Crippen molar-refractivity contribution >= 4 is 5.96 Å². The Morgan fingerprint density at radius 1 is 1.46 bits per heavy atom. The number of aliphatic imine (C=N–C) groups is 1. The zero-order chi connectivity index (χ0) is 17.5. The maximum atomic E-state index is 5.30. The van der Waals surface area contributed by atoms with Crippen LogP contribution in [0.4, 0.5) is 0 Å². The van der Waals surface area contributed by atoms with Crippen molar-refractivity contribution in [1.29, 1.82) is 0 Å². The van der Waals surface area contributed by atoms with E-state index in [-0.39, 0.29) is 0 Å². The second-order valence-corrected chi connectivity index (χ2v) is 6.64. The number of ether oxygens (including phenoxy) is 1. The third kappa shape index (κ3) is 4.84. The minimum absolute atomic E-state index is 0.418. The van der Waals surface area contributed by atoms with Crippen LogP contribution in [-0.2, 0) is 6.54 Å². The van der Waals surface area contributed by atoms with Gasteiger partial charge in [0.15, 0.2) is 5.96 Å². The van der Waals surface area contributed by atoms with Crippen LogP contribution in [0.15, 0.2) is 23.3 Å². The third-order valence-electron chi connectivity index (χ3n) is 4.49. The van der Waals surface area contributed by atoms with E-state index in [0.717, 1.165) is 31.2 Å². The van der Waals surface area contributed by atoms with Crippen molar-refractivity contribution in [3.05, 3.63) is 23.9 Å². The fourth-order valence-electron chi connectivity index (χ4n) is 3.00. The van der Waals surface area contributed by atoms with Crippen molar-refractivity contribution in [3.63, 3.8) is 0 Å². The molecule has 6 nitrogen and oxygen atoms in total. The van der Waals surface area contributed by atoms with Crippen molar-refractivity contribution in [2.45, 2.75) is 46.3 Å². The van der Waals surface area contributed by atoms with Gasteiger partial charge in [-0.15, -0.1) is 0 Å². The van der Waals surface area contributed by atoms with Crippen molar-refractivity contribution in [2.24, 2.45) is 10.9 Å². The van der Waals surface area contributed by atoms with E-state index >= 15 is 0 Å². The number of nitrogens with one attached hydrogen (secondary N) is 2. The Morgan fingerprint density at radius 2 is 2.25 bits per heavy atom. The van der Waals surface area contributed by atoms with Crippen LogP contribution in [0.3, 0.4) is 0 Å². The van der Waals surface area contributed by atoms with E-state index in [2.05, 4.69) is 48.2 Å². The normalized spacial score (nSPS) is 22.0. The van der Waals surface area contributed by atoms with E-state index in [1.165, 1.54) is 0 Å². The second kappa shape index (κ2) is 8.87. The standard InChI is InChI=1S/C18H31N5O/c1-6-19-18(21-10-15-8-7-9-20-17(15)24-5)22-16-12-23(13(2)3)11-14(16)4/h7-9,13-14,16H,6,10-12H2,1-5H3,(H2,19,21,22). The fraction of sp³-hybridized carbons (Fsp3) is 0.667. The first-order chi connectivity index (χ1) is 11.5. The summed E-state index contributed by atoms with van der Waals surface area (Å²) in [6, 6.07) is 4.91. The Labute approximate surface area is 145 Å². The molecular weight excluding hydrogens is 302 g/mol. The predicted octanol–water partition coefficient (Wildman–Crippen LogP) is 1.87. The predicted molar refractivity (Wildman–Crippen MR) is 98.4 cm³/mol. The van der Waals surface area contributed by atoms with E-state index in [0.29, 0.717) is 30.4 Å². The summed E-state index contributed by atoms with van der Waals surface area (Å²) in [6.45, 7) is 12.5. The first kappa shape index (κ1) is 18.5. The van der Waals surface area contributed by atoms with Crippen LogP contribution in [0.1, 0.15) is 33.3 Å². The maximum absolute atomic E-state index is 5.30. The Hall–Kier alpha value is -1.82. The van der Waals surface area contributed by atoms with E-state index in [9.17, 15) is 0 Å². The number of pyridine rings is 1. The molecule has 0 aliphatic carbocycles. The van der Waals surface area contributed by atoms with Gasteiger partial charge >= 0.3 is 0 Å². The molecule has 1 saturated heterocycles. The molecule has 0 saturated carbocycles. The fourth-order valence-corrected chi connectivity index (χ4v) is 3.00. The first-order valence-corrected chi connectivity index (χ1v) is 8.81. The highest BCUT2D eigenvalue weighted by atomic mass is 16.5. The van der Waals surface area contributed by atoms with E-state index < -0.39 is 0 Å². The van der Waals surface area contributed by atoms with Gasteiger partial charge in [0.1, 0.15) is 0 Å². The number of nitrogens with zero attached hydrogens (tertiary/aromatic N) is 3. The van der Waals surface area contributed by atoms with Gasteiger partial charge in [-0.3, -0.25) is 4.90 Å². The summed E-state index contributed by atoms with van der Waals surface area (Å²) >= 11 is 0. The molecule has 2 unspecified atom stereocenters. The highest BCUT2D eigenvalue weighted by Crippen LogP contribution is 2.19. The Kier molecular flexibility index (Phi) is 6.85.